The molecule has 1 fully saturated rings. The minimum Gasteiger partial charge on any atom is -0.457 e. The van der Waals surface area contributed by atoms with Gasteiger partial charge in [-0.25, -0.2) is 0 Å². The minimum absolute atomic E-state index is 0.114. The Kier molecular flexibility index (Phi) is 6.16. The summed E-state index contributed by atoms with van der Waals surface area (Å²) in [6.07, 6.45) is 1.83. The molecule has 2 aromatic heterocycles. The highest BCUT2D eigenvalue weighted by molar-refractivity contribution is 7.80. The van der Waals surface area contributed by atoms with Gasteiger partial charge in [-0.1, -0.05) is 42.5 Å². The number of aryl methyl sites for hydroxylation is 1. The Hall–Kier alpha value is -4.42. The molecule has 6 rings (SSSR count). The van der Waals surface area contributed by atoms with Crippen molar-refractivity contribution in [1.29, 1.82) is 0 Å². The molecular weight excluding hydrogens is 476 g/mol. The second-order valence-corrected chi connectivity index (χ2v) is 9.36. The molecule has 0 saturated carbocycles. The molecule has 37 heavy (non-hydrogen) atoms. The van der Waals surface area contributed by atoms with E-state index in [1.54, 1.807) is 0 Å². The first kappa shape index (κ1) is 23.0. The van der Waals surface area contributed by atoms with Crippen molar-refractivity contribution in [1.82, 2.24) is 14.9 Å². The van der Waals surface area contributed by atoms with Crippen LogP contribution in [0.1, 0.15) is 29.2 Å². The third-order valence-electron chi connectivity index (χ3n) is 6.62. The van der Waals surface area contributed by atoms with Gasteiger partial charge in [0.2, 0.25) is 0 Å². The minimum atomic E-state index is -0.120. The second kappa shape index (κ2) is 9.91. The fourth-order valence-electron chi connectivity index (χ4n) is 4.95. The van der Waals surface area contributed by atoms with Gasteiger partial charge in [0.05, 0.1) is 11.7 Å². The summed E-state index contributed by atoms with van der Waals surface area (Å²) in [5.74, 6) is 1.58. The van der Waals surface area contributed by atoms with Gasteiger partial charge in [-0.3, -0.25) is 4.98 Å². The number of aromatic nitrogens is 2. The van der Waals surface area contributed by atoms with E-state index < -0.39 is 0 Å². The molecular formula is C31H26N4OS. The zero-order chi connectivity index (χ0) is 25.2. The van der Waals surface area contributed by atoms with E-state index in [4.69, 9.17) is 21.9 Å². The van der Waals surface area contributed by atoms with Crippen LogP contribution in [0.4, 0.5) is 5.69 Å². The number of hydrogen-bond donors (Lipinski definition) is 1. The molecule has 5 nitrogen and oxygen atoms in total. The molecule has 5 aromatic rings. The maximum Gasteiger partial charge on any atom is 0.174 e. The van der Waals surface area contributed by atoms with Crippen molar-refractivity contribution in [3.8, 4) is 17.2 Å². The van der Waals surface area contributed by atoms with Gasteiger partial charge < -0.3 is 19.5 Å². The molecule has 1 saturated heterocycles. The van der Waals surface area contributed by atoms with Gasteiger partial charge in [0.15, 0.2) is 5.11 Å². The van der Waals surface area contributed by atoms with E-state index in [-0.39, 0.29) is 12.1 Å². The molecule has 0 radical (unpaired) electrons. The number of nitrogens with zero attached hydrogens (tertiary/aromatic N) is 3. The van der Waals surface area contributed by atoms with Crippen LogP contribution in [0.3, 0.4) is 0 Å². The van der Waals surface area contributed by atoms with Crippen LogP contribution in [-0.2, 0) is 0 Å². The summed E-state index contributed by atoms with van der Waals surface area (Å²) < 4.78 is 8.33. The summed E-state index contributed by atoms with van der Waals surface area (Å²) in [4.78, 5) is 6.88. The van der Waals surface area contributed by atoms with Gasteiger partial charge >= 0.3 is 0 Å². The lowest BCUT2D eigenvalue weighted by atomic mass is 10.0. The van der Waals surface area contributed by atoms with Gasteiger partial charge in [-0.2, -0.15) is 0 Å². The van der Waals surface area contributed by atoms with Crippen LogP contribution < -0.4 is 15.0 Å². The lowest BCUT2D eigenvalue weighted by Crippen LogP contribution is -2.30. The largest absolute Gasteiger partial charge is 0.457 e. The average Bonchev–Trinajstić information content (AvgIpc) is 3.50. The number of hydrogen-bond acceptors (Lipinski definition) is 3. The maximum absolute atomic E-state index is 6.02. The number of anilines is 1. The summed E-state index contributed by atoms with van der Waals surface area (Å²) >= 11 is 5.93. The third kappa shape index (κ3) is 4.47. The molecule has 6 heteroatoms. The molecule has 3 heterocycles. The molecule has 0 amide bonds. The van der Waals surface area contributed by atoms with E-state index in [0.29, 0.717) is 5.11 Å². The average molecular weight is 503 g/mol. The van der Waals surface area contributed by atoms with Crippen LogP contribution in [0.15, 0.2) is 121 Å². The fourth-order valence-corrected chi connectivity index (χ4v) is 5.30. The number of benzene rings is 3. The molecule has 0 unspecified atom stereocenters. The third-order valence-corrected chi connectivity index (χ3v) is 6.93. The Morgan fingerprint density at radius 1 is 0.730 bits per heavy atom. The molecule has 3 aromatic carbocycles. The highest BCUT2D eigenvalue weighted by Gasteiger charge is 2.42. The van der Waals surface area contributed by atoms with E-state index in [9.17, 15) is 0 Å². The monoisotopic (exact) mass is 502 g/mol. The van der Waals surface area contributed by atoms with Crippen molar-refractivity contribution >= 4 is 23.0 Å². The molecule has 1 N–H and O–H groups in total. The standard InChI is InChI=1S/C31H26N4OS/c1-22-15-20-28(34(22)23-10-4-2-5-11-23)30-29(27-14-8-9-21-32-27)33-31(37)35(30)24-16-18-26(19-17-24)36-25-12-6-3-7-13-25/h2-21,29-30H,1H3,(H,33,37)/t29-,30+/m0/s1. The predicted octanol–water partition coefficient (Wildman–Crippen LogP) is 7.15. The van der Waals surface area contributed by atoms with Crippen molar-refractivity contribution in [2.45, 2.75) is 19.0 Å². The SMILES string of the molecule is Cc1ccc([C@@H]2[C@H](c3ccccn3)NC(=S)N2c2ccc(Oc3ccccc3)cc2)n1-c1ccccc1. The van der Waals surface area contributed by atoms with Crippen molar-refractivity contribution in [3.05, 3.63) is 139 Å². The number of rotatable bonds is 6. The summed E-state index contributed by atoms with van der Waals surface area (Å²) in [7, 11) is 0. The molecule has 0 bridgehead atoms. The number of pyridine rings is 1. The highest BCUT2D eigenvalue weighted by atomic mass is 32.1. The van der Waals surface area contributed by atoms with Crippen LogP contribution in [-0.4, -0.2) is 14.7 Å². The van der Waals surface area contributed by atoms with Crippen molar-refractivity contribution < 1.29 is 4.74 Å². The Morgan fingerprint density at radius 2 is 1.41 bits per heavy atom. The normalized spacial score (nSPS) is 17.0. The number of ether oxygens (including phenoxy) is 1. The van der Waals surface area contributed by atoms with Crippen molar-refractivity contribution in [2.75, 3.05) is 4.90 Å². The van der Waals surface area contributed by atoms with Crippen molar-refractivity contribution in [2.24, 2.45) is 0 Å². The first-order valence-electron chi connectivity index (χ1n) is 12.3. The maximum atomic E-state index is 6.02. The lowest BCUT2D eigenvalue weighted by Gasteiger charge is -2.29. The summed E-state index contributed by atoms with van der Waals surface area (Å²) in [6.45, 7) is 2.13. The van der Waals surface area contributed by atoms with Gasteiger partial charge in [0.25, 0.3) is 0 Å². The Balaban J connectivity index is 1.42. The first-order chi connectivity index (χ1) is 18.2. The zero-order valence-electron chi connectivity index (χ0n) is 20.4. The molecule has 182 valence electrons. The van der Waals surface area contributed by atoms with Gasteiger partial charge in [0.1, 0.15) is 17.5 Å². The number of thiocarbonyl (C=S) groups is 1. The Morgan fingerprint density at radius 3 is 2.11 bits per heavy atom. The van der Waals surface area contributed by atoms with Gasteiger partial charge in [0, 0.05) is 29.0 Å². The summed E-state index contributed by atoms with van der Waals surface area (Å²) in [5, 5.41) is 4.22. The van der Waals surface area contributed by atoms with E-state index in [0.717, 1.165) is 40.0 Å². The molecule has 2 atom stereocenters. The molecule has 0 aliphatic carbocycles. The molecule has 0 spiro atoms. The Bertz CT molecular complexity index is 1500. The highest BCUT2D eigenvalue weighted by Crippen LogP contribution is 2.43. The summed E-state index contributed by atoms with van der Waals surface area (Å²) in [6, 6.07) is 38.4. The topological polar surface area (TPSA) is 42.3 Å². The van der Waals surface area contributed by atoms with Crippen LogP contribution in [0.25, 0.3) is 5.69 Å². The van der Waals surface area contributed by atoms with E-state index in [2.05, 4.69) is 76.3 Å². The van der Waals surface area contributed by atoms with Crippen LogP contribution in [0, 0.1) is 6.92 Å². The zero-order valence-corrected chi connectivity index (χ0v) is 21.2. The lowest BCUT2D eigenvalue weighted by molar-refractivity contribution is 0.482. The number of para-hydroxylation sites is 2. The van der Waals surface area contributed by atoms with Crippen LogP contribution >= 0.6 is 12.2 Å². The molecule has 1 aliphatic rings. The predicted molar refractivity (Wildman–Crippen MR) is 151 cm³/mol. The first-order valence-corrected chi connectivity index (χ1v) is 12.7. The smallest absolute Gasteiger partial charge is 0.174 e. The van der Waals surface area contributed by atoms with E-state index in [1.807, 2.05) is 66.9 Å². The van der Waals surface area contributed by atoms with Gasteiger partial charge in [-0.15, -0.1) is 0 Å². The quantitative estimate of drug-likeness (QED) is 0.250. The summed E-state index contributed by atoms with van der Waals surface area (Å²) in [5.41, 5.74) is 5.34. The van der Waals surface area contributed by atoms with Gasteiger partial charge in [-0.05, 0) is 91.9 Å². The molecule has 1 aliphatic heterocycles. The fraction of sp³-hybridized carbons (Fsp3) is 0.0968. The number of nitrogens with one attached hydrogen (secondary N) is 1. The van der Waals surface area contributed by atoms with Crippen LogP contribution in [0.2, 0.25) is 0 Å². The van der Waals surface area contributed by atoms with E-state index in [1.165, 1.54) is 0 Å². The van der Waals surface area contributed by atoms with Crippen LogP contribution in [0.5, 0.6) is 11.5 Å². The Labute approximate surface area is 222 Å². The van der Waals surface area contributed by atoms with E-state index >= 15 is 0 Å². The van der Waals surface area contributed by atoms with Crippen molar-refractivity contribution in [3.63, 3.8) is 0 Å². The second-order valence-electron chi connectivity index (χ2n) is 8.98.